The molecule has 2 heterocycles. The minimum atomic E-state index is 0.0502. The molecule has 138 valence electrons. The highest BCUT2D eigenvalue weighted by Gasteiger charge is 2.27. The Balaban J connectivity index is 1.36. The van der Waals surface area contributed by atoms with Gasteiger partial charge in [-0.25, -0.2) is 0 Å². The highest BCUT2D eigenvalue weighted by atomic mass is 16.6. The molecule has 0 aliphatic carbocycles. The number of nitrogens with zero attached hydrogens (tertiary/aromatic N) is 2. The van der Waals surface area contributed by atoms with Gasteiger partial charge in [0.25, 0.3) is 0 Å². The lowest BCUT2D eigenvalue weighted by atomic mass is 9.88. The lowest BCUT2D eigenvalue weighted by Crippen LogP contribution is -2.36. The summed E-state index contributed by atoms with van der Waals surface area (Å²) in [5, 5.41) is 9.03. The molecule has 2 aliphatic rings. The molecule has 1 fully saturated rings. The van der Waals surface area contributed by atoms with E-state index in [0.29, 0.717) is 35.8 Å². The number of Topliss-reactive ketones (excluding diaryl/α,β-unsaturated/α-hetero) is 1. The highest BCUT2D eigenvalue weighted by molar-refractivity contribution is 5.98. The molecule has 0 atom stereocenters. The summed E-state index contributed by atoms with van der Waals surface area (Å²) >= 11 is 0. The molecule has 5 nitrogen and oxygen atoms in total. The second kappa shape index (κ2) is 7.81. The van der Waals surface area contributed by atoms with Crippen LogP contribution < -0.4 is 9.47 Å². The SMILES string of the molecule is N#Cc1cccc(CN2CCC(C(=O)c3ccc4c(c3)OCCO4)CC2)c1. The number of nitriles is 1. The van der Waals surface area contributed by atoms with E-state index in [2.05, 4.69) is 11.0 Å². The quantitative estimate of drug-likeness (QED) is 0.780. The Bertz CT molecular complexity index is 879. The van der Waals surface area contributed by atoms with Gasteiger partial charge in [-0.3, -0.25) is 9.69 Å². The first-order valence-corrected chi connectivity index (χ1v) is 9.38. The number of hydrogen-bond donors (Lipinski definition) is 0. The van der Waals surface area contributed by atoms with Gasteiger partial charge in [-0.15, -0.1) is 0 Å². The summed E-state index contributed by atoms with van der Waals surface area (Å²) < 4.78 is 11.1. The van der Waals surface area contributed by atoms with Crippen LogP contribution in [0, 0.1) is 17.2 Å². The first-order chi connectivity index (χ1) is 13.2. The highest BCUT2D eigenvalue weighted by Crippen LogP contribution is 2.32. The zero-order valence-electron chi connectivity index (χ0n) is 15.2. The van der Waals surface area contributed by atoms with Crippen LogP contribution in [0.1, 0.15) is 34.3 Å². The van der Waals surface area contributed by atoms with Crippen molar-refractivity contribution in [3.05, 3.63) is 59.2 Å². The molecule has 0 aromatic heterocycles. The van der Waals surface area contributed by atoms with Crippen LogP contribution in [-0.4, -0.2) is 37.0 Å². The van der Waals surface area contributed by atoms with Crippen molar-refractivity contribution in [1.82, 2.24) is 4.90 Å². The Morgan fingerprint density at radius 3 is 2.63 bits per heavy atom. The molecule has 0 radical (unpaired) electrons. The van der Waals surface area contributed by atoms with Gasteiger partial charge >= 0.3 is 0 Å². The van der Waals surface area contributed by atoms with E-state index in [9.17, 15) is 4.79 Å². The van der Waals surface area contributed by atoms with Crippen LogP contribution in [0.4, 0.5) is 0 Å². The second-order valence-electron chi connectivity index (χ2n) is 7.09. The van der Waals surface area contributed by atoms with Gasteiger partial charge in [0.05, 0.1) is 11.6 Å². The fourth-order valence-electron chi connectivity index (χ4n) is 3.78. The summed E-state index contributed by atoms with van der Waals surface area (Å²) in [5.41, 5.74) is 2.54. The van der Waals surface area contributed by atoms with Gasteiger partial charge in [-0.2, -0.15) is 5.26 Å². The molecule has 0 N–H and O–H groups in total. The molecule has 0 amide bonds. The zero-order valence-corrected chi connectivity index (χ0v) is 15.2. The largest absolute Gasteiger partial charge is 0.486 e. The molecule has 0 bridgehead atoms. The molecular weight excluding hydrogens is 340 g/mol. The Labute approximate surface area is 159 Å². The summed E-state index contributed by atoms with van der Waals surface area (Å²) in [7, 11) is 0. The van der Waals surface area contributed by atoms with E-state index in [1.165, 1.54) is 0 Å². The molecule has 2 aromatic carbocycles. The van der Waals surface area contributed by atoms with Gasteiger partial charge in [0.15, 0.2) is 17.3 Å². The molecule has 4 rings (SSSR count). The first-order valence-electron chi connectivity index (χ1n) is 9.38. The van der Waals surface area contributed by atoms with Crippen LogP contribution in [0.2, 0.25) is 0 Å². The van der Waals surface area contributed by atoms with Gasteiger partial charge in [0, 0.05) is 18.0 Å². The topological polar surface area (TPSA) is 62.6 Å². The standard InChI is InChI=1S/C22H22N2O3/c23-14-16-2-1-3-17(12-16)15-24-8-6-18(7-9-24)22(25)19-4-5-20-21(13-19)27-11-10-26-20/h1-5,12-13,18H,6-11,15H2. The van der Waals surface area contributed by atoms with Gasteiger partial charge < -0.3 is 9.47 Å². The fourth-order valence-corrected chi connectivity index (χ4v) is 3.78. The normalized spacial score (nSPS) is 17.3. The minimum absolute atomic E-state index is 0.0502. The molecule has 2 aliphatic heterocycles. The third-order valence-electron chi connectivity index (χ3n) is 5.25. The Kier molecular flexibility index (Phi) is 5.08. The van der Waals surface area contributed by atoms with Gasteiger partial charge in [0.2, 0.25) is 0 Å². The maximum Gasteiger partial charge on any atom is 0.166 e. The van der Waals surface area contributed by atoms with Crippen LogP contribution in [-0.2, 0) is 6.54 Å². The Hall–Kier alpha value is -2.84. The second-order valence-corrected chi connectivity index (χ2v) is 7.09. The maximum absolute atomic E-state index is 12.9. The van der Waals surface area contributed by atoms with Crippen LogP contribution in [0.3, 0.4) is 0 Å². The summed E-state index contributed by atoms with van der Waals surface area (Å²) in [6, 6.07) is 15.4. The van der Waals surface area contributed by atoms with Crippen LogP contribution in [0.15, 0.2) is 42.5 Å². The molecule has 1 saturated heterocycles. The van der Waals surface area contributed by atoms with Crippen molar-refractivity contribution in [3.8, 4) is 17.6 Å². The van der Waals surface area contributed by atoms with Crippen LogP contribution in [0.25, 0.3) is 0 Å². The average Bonchev–Trinajstić information content (AvgIpc) is 2.73. The number of fused-ring (bicyclic) bond motifs is 1. The summed E-state index contributed by atoms with van der Waals surface area (Å²) in [4.78, 5) is 15.2. The van der Waals surface area contributed by atoms with Gasteiger partial charge in [-0.1, -0.05) is 12.1 Å². The number of piperidine rings is 1. The molecular formula is C22H22N2O3. The number of hydrogen-bond acceptors (Lipinski definition) is 5. The van der Waals surface area contributed by atoms with Crippen molar-refractivity contribution >= 4 is 5.78 Å². The smallest absolute Gasteiger partial charge is 0.166 e. The first kappa shape index (κ1) is 17.6. The fraction of sp³-hybridized carbons (Fsp3) is 0.364. The number of carbonyl (C=O) groups is 1. The van der Waals surface area contributed by atoms with E-state index < -0.39 is 0 Å². The van der Waals surface area contributed by atoms with E-state index in [4.69, 9.17) is 14.7 Å². The number of likely N-dealkylation sites (tertiary alicyclic amines) is 1. The van der Waals surface area contributed by atoms with E-state index in [0.717, 1.165) is 38.0 Å². The third kappa shape index (κ3) is 3.96. The molecule has 5 heteroatoms. The van der Waals surface area contributed by atoms with Crippen molar-refractivity contribution in [3.63, 3.8) is 0 Å². The van der Waals surface area contributed by atoms with E-state index in [1.807, 2.05) is 42.5 Å². The van der Waals surface area contributed by atoms with Crippen molar-refractivity contribution < 1.29 is 14.3 Å². The summed E-state index contributed by atoms with van der Waals surface area (Å²) in [5.74, 6) is 1.63. The number of benzene rings is 2. The third-order valence-corrected chi connectivity index (χ3v) is 5.25. The molecule has 2 aromatic rings. The summed E-state index contributed by atoms with van der Waals surface area (Å²) in [6.45, 7) is 3.67. The van der Waals surface area contributed by atoms with E-state index in [1.54, 1.807) is 0 Å². The number of carbonyl (C=O) groups excluding carboxylic acids is 1. The van der Waals surface area contributed by atoms with Crippen molar-refractivity contribution in [2.24, 2.45) is 5.92 Å². The van der Waals surface area contributed by atoms with Gasteiger partial charge in [-0.05, 0) is 61.8 Å². The zero-order chi connectivity index (χ0) is 18.6. The Morgan fingerprint density at radius 2 is 1.85 bits per heavy atom. The monoisotopic (exact) mass is 362 g/mol. The molecule has 0 spiro atoms. The number of ketones is 1. The lowest BCUT2D eigenvalue weighted by Gasteiger charge is -2.31. The van der Waals surface area contributed by atoms with Crippen molar-refractivity contribution in [1.29, 1.82) is 5.26 Å². The Morgan fingerprint density at radius 1 is 1.07 bits per heavy atom. The average molecular weight is 362 g/mol. The number of rotatable bonds is 4. The van der Waals surface area contributed by atoms with Crippen LogP contribution >= 0.6 is 0 Å². The van der Waals surface area contributed by atoms with Crippen molar-refractivity contribution in [2.75, 3.05) is 26.3 Å². The predicted octanol–water partition coefficient (Wildman–Crippen LogP) is 3.42. The minimum Gasteiger partial charge on any atom is -0.486 e. The van der Waals surface area contributed by atoms with Crippen molar-refractivity contribution in [2.45, 2.75) is 19.4 Å². The van der Waals surface area contributed by atoms with E-state index in [-0.39, 0.29) is 11.7 Å². The lowest BCUT2D eigenvalue weighted by molar-refractivity contribution is 0.0833. The molecule has 0 saturated carbocycles. The van der Waals surface area contributed by atoms with Gasteiger partial charge in [0.1, 0.15) is 13.2 Å². The molecule has 27 heavy (non-hydrogen) atoms. The molecule has 0 unspecified atom stereocenters. The summed E-state index contributed by atoms with van der Waals surface area (Å²) in [6.07, 6.45) is 1.70. The predicted molar refractivity (Wildman–Crippen MR) is 101 cm³/mol. The van der Waals surface area contributed by atoms with Crippen LogP contribution in [0.5, 0.6) is 11.5 Å². The number of ether oxygens (including phenoxy) is 2. The van der Waals surface area contributed by atoms with E-state index >= 15 is 0 Å². The maximum atomic E-state index is 12.9.